The summed E-state index contributed by atoms with van der Waals surface area (Å²) in [6.07, 6.45) is 5.77. The molecule has 0 bridgehead atoms. The van der Waals surface area contributed by atoms with Crippen molar-refractivity contribution in [1.29, 1.82) is 0 Å². The second-order valence-corrected chi connectivity index (χ2v) is 9.10. The zero-order valence-corrected chi connectivity index (χ0v) is 18.2. The Labute approximate surface area is 179 Å². The minimum atomic E-state index is -0.583. The number of piperidine rings is 1. The molecule has 1 aromatic carbocycles. The van der Waals surface area contributed by atoms with Crippen molar-refractivity contribution in [3.63, 3.8) is 0 Å². The van der Waals surface area contributed by atoms with Gasteiger partial charge in [0, 0.05) is 31.1 Å². The van der Waals surface area contributed by atoms with E-state index < -0.39 is 6.04 Å². The summed E-state index contributed by atoms with van der Waals surface area (Å²) in [5.74, 6) is 0.464. The summed E-state index contributed by atoms with van der Waals surface area (Å²) in [6, 6.07) is 8.41. The first-order valence-corrected chi connectivity index (χ1v) is 11.4. The van der Waals surface area contributed by atoms with Crippen LogP contribution in [0.5, 0.6) is 0 Å². The molecule has 1 saturated carbocycles. The van der Waals surface area contributed by atoms with Gasteiger partial charge in [0.2, 0.25) is 11.8 Å². The van der Waals surface area contributed by atoms with Crippen molar-refractivity contribution in [2.75, 3.05) is 19.6 Å². The van der Waals surface area contributed by atoms with E-state index in [1.54, 1.807) is 12.1 Å². The summed E-state index contributed by atoms with van der Waals surface area (Å²) < 4.78 is 0. The van der Waals surface area contributed by atoms with Gasteiger partial charge in [-0.2, -0.15) is 0 Å². The molecule has 2 N–H and O–H groups in total. The second-order valence-electron chi connectivity index (χ2n) is 9.10. The van der Waals surface area contributed by atoms with E-state index in [1.807, 2.05) is 36.9 Å². The summed E-state index contributed by atoms with van der Waals surface area (Å²) in [7, 11) is 0. The van der Waals surface area contributed by atoms with Crippen molar-refractivity contribution in [2.24, 2.45) is 17.8 Å². The number of benzene rings is 1. The lowest BCUT2D eigenvalue weighted by atomic mass is 9.87. The summed E-state index contributed by atoms with van der Waals surface area (Å²) in [4.78, 5) is 40.4. The number of amides is 3. The number of carbonyl (C=O) groups excluding carboxylic acids is 3. The molecule has 3 rings (SSSR count). The highest BCUT2D eigenvalue weighted by Crippen LogP contribution is 2.29. The molecule has 30 heavy (non-hydrogen) atoms. The molecule has 1 aliphatic heterocycles. The highest BCUT2D eigenvalue weighted by molar-refractivity contribution is 5.97. The number of likely N-dealkylation sites (tertiary alicyclic amines) is 1. The number of hydrogen-bond acceptors (Lipinski definition) is 3. The fourth-order valence-corrected chi connectivity index (χ4v) is 4.51. The van der Waals surface area contributed by atoms with Crippen molar-refractivity contribution in [2.45, 2.75) is 58.4 Å². The molecule has 1 atom stereocenters. The molecule has 164 valence electrons. The van der Waals surface area contributed by atoms with Crippen LogP contribution in [0.4, 0.5) is 0 Å². The lowest BCUT2D eigenvalue weighted by molar-refractivity contribution is -0.137. The molecule has 2 fully saturated rings. The van der Waals surface area contributed by atoms with Gasteiger partial charge in [-0.25, -0.2) is 0 Å². The van der Waals surface area contributed by atoms with Crippen LogP contribution >= 0.6 is 0 Å². The van der Waals surface area contributed by atoms with Gasteiger partial charge in [-0.15, -0.1) is 0 Å². The van der Waals surface area contributed by atoms with Gasteiger partial charge >= 0.3 is 0 Å². The molecule has 6 nitrogen and oxygen atoms in total. The maximum Gasteiger partial charge on any atom is 0.251 e. The molecule has 1 aromatic rings. The summed E-state index contributed by atoms with van der Waals surface area (Å²) in [5.41, 5.74) is 0.549. The molecule has 1 aliphatic carbocycles. The van der Waals surface area contributed by atoms with Gasteiger partial charge in [0.05, 0.1) is 0 Å². The maximum absolute atomic E-state index is 12.9. The van der Waals surface area contributed by atoms with E-state index in [9.17, 15) is 14.4 Å². The molecule has 0 spiro atoms. The van der Waals surface area contributed by atoms with E-state index in [1.165, 1.54) is 0 Å². The Morgan fingerprint density at radius 1 is 1.00 bits per heavy atom. The van der Waals surface area contributed by atoms with E-state index in [4.69, 9.17) is 0 Å². The Morgan fingerprint density at radius 2 is 1.63 bits per heavy atom. The highest BCUT2D eigenvalue weighted by Gasteiger charge is 2.35. The Morgan fingerprint density at radius 3 is 2.23 bits per heavy atom. The molecule has 1 saturated heterocycles. The van der Waals surface area contributed by atoms with Gasteiger partial charge in [0.1, 0.15) is 6.04 Å². The largest absolute Gasteiger partial charge is 0.354 e. The number of rotatable bonds is 7. The first-order chi connectivity index (χ1) is 14.5. The quantitative estimate of drug-likeness (QED) is 0.721. The van der Waals surface area contributed by atoms with Gasteiger partial charge in [-0.05, 0) is 49.7 Å². The average molecular weight is 414 g/mol. The zero-order valence-electron chi connectivity index (χ0n) is 18.2. The first-order valence-electron chi connectivity index (χ1n) is 11.4. The minimum Gasteiger partial charge on any atom is -0.354 e. The van der Waals surface area contributed by atoms with Crippen LogP contribution in [0.15, 0.2) is 30.3 Å². The van der Waals surface area contributed by atoms with Crippen LogP contribution in [0.25, 0.3) is 0 Å². The topological polar surface area (TPSA) is 78.5 Å². The summed E-state index contributed by atoms with van der Waals surface area (Å²) in [5, 5.41) is 5.95. The number of nitrogens with zero attached hydrogens (tertiary/aromatic N) is 1. The molecule has 1 unspecified atom stereocenters. The fraction of sp³-hybridized carbons (Fsp3) is 0.625. The third-order valence-corrected chi connectivity index (χ3v) is 6.32. The summed E-state index contributed by atoms with van der Waals surface area (Å²) in [6.45, 7) is 6.00. The van der Waals surface area contributed by atoms with E-state index in [0.29, 0.717) is 31.1 Å². The van der Waals surface area contributed by atoms with Crippen LogP contribution in [0.1, 0.15) is 62.7 Å². The van der Waals surface area contributed by atoms with Crippen LogP contribution < -0.4 is 10.6 Å². The Bertz CT molecular complexity index is 720. The zero-order chi connectivity index (χ0) is 21.5. The first kappa shape index (κ1) is 22.3. The van der Waals surface area contributed by atoms with Crippen molar-refractivity contribution in [3.8, 4) is 0 Å². The minimum absolute atomic E-state index is 0.0254. The third-order valence-electron chi connectivity index (χ3n) is 6.32. The molecular formula is C24H35N3O3. The van der Waals surface area contributed by atoms with Crippen molar-refractivity contribution >= 4 is 17.7 Å². The number of carbonyl (C=O) groups is 3. The van der Waals surface area contributed by atoms with Gasteiger partial charge in [-0.3, -0.25) is 14.4 Å². The van der Waals surface area contributed by atoms with Crippen LogP contribution in [0, 0.1) is 17.8 Å². The van der Waals surface area contributed by atoms with Gasteiger partial charge in [0.25, 0.3) is 5.91 Å². The van der Waals surface area contributed by atoms with E-state index in [-0.39, 0.29) is 29.6 Å². The molecule has 1 heterocycles. The van der Waals surface area contributed by atoms with E-state index in [2.05, 4.69) is 10.6 Å². The SMILES string of the molecule is CC(C)CNC(=O)C(NC(=O)c1ccccc1)C1CCN(C(=O)C2CCCC2)CC1. The fourth-order valence-electron chi connectivity index (χ4n) is 4.51. The van der Waals surface area contributed by atoms with E-state index in [0.717, 1.165) is 38.5 Å². The predicted molar refractivity (Wildman–Crippen MR) is 117 cm³/mol. The normalized spacial score (nSPS) is 19.0. The molecule has 3 amide bonds. The second kappa shape index (κ2) is 10.6. The molecule has 0 radical (unpaired) electrons. The third kappa shape index (κ3) is 5.83. The van der Waals surface area contributed by atoms with Crippen molar-refractivity contribution < 1.29 is 14.4 Å². The maximum atomic E-state index is 12.9. The van der Waals surface area contributed by atoms with Gasteiger partial charge < -0.3 is 15.5 Å². The monoisotopic (exact) mass is 413 g/mol. The van der Waals surface area contributed by atoms with Crippen molar-refractivity contribution in [3.05, 3.63) is 35.9 Å². The smallest absolute Gasteiger partial charge is 0.251 e. The van der Waals surface area contributed by atoms with Crippen LogP contribution in [0.2, 0.25) is 0 Å². The van der Waals surface area contributed by atoms with Crippen LogP contribution in [-0.4, -0.2) is 48.3 Å². The molecule has 2 aliphatic rings. The lowest BCUT2D eigenvalue weighted by Gasteiger charge is -2.37. The van der Waals surface area contributed by atoms with Crippen LogP contribution in [0.3, 0.4) is 0 Å². The predicted octanol–water partition coefficient (Wildman–Crippen LogP) is 2.99. The van der Waals surface area contributed by atoms with Crippen LogP contribution in [-0.2, 0) is 9.59 Å². The van der Waals surface area contributed by atoms with Gasteiger partial charge in [0.15, 0.2) is 0 Å². The Balaban J connectivity index is 1.63. The molecule has 6 heteroatoms. The lowest BCUT2D eigenvalue weighted by Crippen LogP contribution is -2.54. The van der Waals surface area contributed by atoms with E-state index >= 15 is 0 Å². The number of hydrogen-bond donors (Lipinski definition) is 2. The Hall–Kier alpha value is -2.37. The highest BCUT2D eigenvalue weighted by atomic mass is 16.2. The Kier molecular flexibility index (Phi) is 7.88. The summed E-state index contributed by atoms with van der Waals surface area (Å²) >= 11 is 0. The number of nitrogens with one attached hydrogen (secondary N) is 2. The molecule has 0 aromatic heterocycles. The van der Waals surface area contributed by atoms with Gasteiger partial charge in [-0.1, -0.05) is 44.9 Å². The average Bonchev–Trinajstić information content (AvgIpc) is 3.31. The standard InChI is InChI=1S/C24H35N3O3/c1-17(2)16-25-23(29)21(26-22(28)19-8-4-3-5-9-19)18-12-14-27(15-13-18)24(30)20-10-6-7-11-20/h3-5,8-9,17-18,20-21H,6-7,10-16H2,1-2H3,(H,25,29)(H,26,28). The molecular weight excluding hydrogens is 378 g/mol. The van der Waals surface area contributed by atoms with Crippen molar-refractivity contribution in [1.82, 2.24) is 15.5 Å².